The number of carbonyl (C=O) groups is 3. The van der Waals surface area contributed by atoms with Crippen LogP contribution in [0.4, 0.5) is 4.79 Å². The molecule has 3 saturated heterocycles. The van der Waals surface area contributed by atoms with E-state index in [0.717, 1.165) is 25.9 Å². The third-order valence-electron chi connectivity index (χ3n) is 7.20. The van der Waals surface area contributed by atoms with Gasteiger partial charge < -0.3 is 9.84 Å². The zero-order valence-electron chi connectivity index (χ0n) is 18.8. The Balaban J connectivity index is 1.40. The summed E-state index contributed by atoms with van der Waals surface area (Å²) in [4.78, 5) is 42.6. The number of barbiturate groups is 1. The fraction of sp³-hybridized carbons (Fsp3) is 0.400. The molecule has 3 aliphatic heterocycles. The number of hydrogen-bond acceptors (Lipinski definition) is 7. The standard InChI is InChI=1S/C25H28N4O5/c30-15-14-28-16-24(17-28)10-12-29(13-11-24)25(21(31)26-23(33)27-22(25)32)18-6-8-20(9-7-18)34-19-4-2-1-3-5-19/h1-9,30H,10-17H2,(H2,26,27,31,32,33). The van der Waals surface area contributed by atoms with E-state index < -0.39 is 23.4 Å². The summed E-state index contributed by atoms with van der Waals surface area (Å²) >= 11 is 0. The van der Waals surface area contributed by atoms with Gasteiger partial charge in [-0.2, -0.15) is 0 Å². The van der Waals surface area contributed by atoms with E-state index in [2.05, 4.69) is 15.5 Å². The van der Waals surface area contributed by atoms with Gasteiger partial charge in [-0.05, 0) is 48.1 Å². The van der Waals surface area contributed by atoms with Gasteiger partial charge in [0.05, 0.1) is 6.61 Å². The lowest BCUT2D eigenvalue weighted by Crippen LogP contribution is -2.73. The SMILES string of the molecule is O=C1NC(=O)C(c2ccc(Oc3ccccc3)cc2)(N2CCC3(CC2)CN(CCO)C3)C(=O)N1. The molecule has 0 aliphatic carbocycles. The number of aliphatic hydroxyl groups is 1. The third kappa shape index (κ3) is 3.85. The van der Waals surface area contributed by atoms with E-state index in [1.807, 2.05) is 35.2 Å². The molecule has 0 unspecified atom stereocenters. The largest absolute Gasteiger partial charge is 0.457 e. The maximum Gasteiger partial charge on any atom is 0.328 e. The molecule has 3 fully saturated rings. The lowest BCUT2D eigenvalue weighted by molar-refractivity contribution is -0.153. The van der Waals surface area contributed by atoms with Crippen LogP contribution in [-0.2, 0) is 15.1 Å². The Kier molecular flexibility index (Phi) is 5.85. The molecule has 0 saturated carbocycles. The van der Waals surface area contributed by atoms with Gasteiger partial charge in [0, 0.05) is 32.7 Å². The number of carbonyl (C=O) groups excluding carboxylic acids is 3. The Hall–Kier alpha value is -3.27. The lowest BCUT2D eigenvalue weighted by atomic mass is 9.70. The summed E-state index contributed by atoms with van der Waals surface area (Å²) in [5.41, 5.74) is -0.991. The van der Waals surface area contributed by atoms with Crippen molar-refractivity contribution in [2.75, 3.05) is 39.3 Å². The van der Waals surface area contributed by atoms with Crippen LogP contribution in [0.3, 0.4) is 0 Å². The highest BCUT2D eigenvalue weighted by Crippen LogP contribution is 2.44. The van der Waals surface area contributed by atoms with Crippen LogP contribution in [-0.4, -0.2) is 72.1 Å². The minimum absolute atomic E-state index is 0.143. The van der Waals surface area contributed by atoms with Crippen molar-refractivity contribution in [3.05, 3.63) is 60.2 Å². The molecule has 34 heavy (non-hydrogen) atoms. The number of nitrogens with zero attached hydrogens (tertiary/aromatic N) is 2. The van der Waals surface area contributed by atoms with E-state index in [1.54, 1.807) is 24.3 Å². The summed E-state index contributed by atoms with van der Waals surface area (Å²) in [6.07, 6.45) is 1.67. The summed E-state index contributed by atoms with van der Waals surface area (Å²) in [7, 11) is 0. The second-order valence-electron chi connectivity index (χ2n) is 9.31. The number of nitrogens with one attached hydrogen (secondary N) is 2. The number of aliphatic hydroxyl groups excluding tert-OH is 1. The molecule has 0 radical (unpaired) electrons. The average molecular weight is 465 g/mol. The van der Waals surface area contributed by atoms with Gasteiger partial charge in [0.2, 0.25) is 5.54 Å². The number of piperidine rings is 1. The maximum atomic E-state index is 13.3. The number of amides is 4. The molecule has 2 aromatic rings. The zero-order chi connectivity index (χ0) is 23.8. The van der Waals surface area contributed by atoms with Crippen LogP contribution in [0.1, 0.15) is 18.4 Å². The van der Waals surface area contributed by atoms with Crippen LogP contribution in [0, 0.1) is 5.41 Å². The average Bonchev–Trinajstić information content (AvgIpc) is 2.81. The fourth-order valence-electron chi connectivity index (χ4n) is 5.48. The van der Waals surface area contributed by atoms with Gasteiger partial charge in [0.1, 0.15) is 11.5 Å². The molecule has 4 amide bonds. The second-order valence-corrected chi connectivity index (χ2v) is 9.31. The highest BCUT2D eigenvalue weighted by Gasteiger charge is 2.58. The van der Waals surface area contributed by atoms with Crippen molar-refractivity contribution in [2.45, 2.75) is 18.4 Å². The molecule has 178 valence electrons. The van der Waals surface area contributed by atoms with Gasteiger partial charge in [-0.3, -0.25) is 30.0 Å². The summed E-state index contributed by atoms with van der Waals surface area (Å²) in [6.45, 7) is 3.73. The van der Waals surface area contributed by atoms with Gasteiger partial charge in [-0.15, -0.1) is 0 Å². The van der Waals surface area contributed by atoms with E-state index >= 15 is 0 Å². The summed E-state index contributed by atoms with van der Waals surface area (Å²) in [6, 6.07) is 15.4. The molecule has 0 bridgehead atoms. The van der Waals surface area contributed by atoms with Gasteiger partial charge in [-0.25, -0.2) is 4.79 Å². The minimum Gasteiger partial charge on any atom is -0.457 e. The van der Waals surface area contributed by atoms with Gasteiger partial charge in [0.25, 0.3) is 11.8 Å². The van der Waals surface area contributed by atoms with Crippen LogP contribution >= 0.6 is 0 Å². The Bertz CT molecular complexity index is 1050. The van der Waals surface area contributed by atoms with Crippen molar-refractivity contribution in [1.29, 1.82) is 0 Å². The molecule has 2 aromatic carbocycles. The predicted molar refractivity (Wildman–Crippen MR) is 123 cm³/mol. The van der Waals surface area contributed by atoms with Crippen molar-refractivity contribution >= 4 is 17.8 Å². The monoisotopic (exact) mass is 464 g/mol. The Morgan fingerprint density at radius 3 is 2.03 bits per heavy atom. The first-order chi connectivity index (χ1) is 16.4. The number of urea groups is 1. The molecule has 5 rings (SSSR count). The van der Waals surface area contributed by atoms with Crippen LogP contribution in [0.25, 0.3) is 0 Å². The number of imide groups is 2. The van der Waals surface area contributed by atoms with Gasteiger partial charge in [-0.1, -0.05) is 30.3 Å². The fourth-order valence-corrected chi connectivity index (χ4v) is 5.48. The maximum absolute atomic E-state index is 13.3. The Morgan fingerprint density at radius 2 is 1.44 bits per heavy atom. The molecule has 1 spiro atoms. The van der Waals surface area contributed by atoms with Crippen molar-refractivity contribution < 1.29 is 24.2 Å². The highest BCUT2D eigenvalue weighted by atomic mass is 16.5. The van der Waals surface area contributed by atoms with E-state index in [1.165, 1.54) is 0 Å². The van der Waals surface area contributed by atoms with E-state index in [9.17, 15) is 14.4 Å². The molecule has 3 heterocycles. The van der Waals surface area contributed by atoms with Crippen molar-refractivity contribution in [1.82, 2.24) is 20.4 Å². The topological polar surface area (TPSA) is 111 Å². The first-order valence-electron chi connectivity index (χ1n) is 11.5. The number of likely N-dealkylation sites (tertiary alicyclic amines) is 2. The molecular weight excluding hydrogens is 436 g/mol. The number of para-hydroxylation sites is 1. The number of ether oxygens (including phenoxy) is 1. The Morgan fingerprint density at radius 1 is 0.853 bits per heavy atom. The van der Waals surface area contributed by atoms with Crippen LogP contribution in [0.2, 0.25) is 0 Å². The zero-order valence-corrected chi connectivity index (χ0v) is 18.8. The first-order valence-corrected chi connectivity index (χ1v) is 11.5. The third-order valence-corrected chi connectivity index (χ3v) is 7.20. The van der Waals surface area contributed by atoms with Crippen LogP contribution < -0.4 is 15.4 Å². The molecule has 3 aliphatic rings. The summed E-state index contributed by atoms with van der Waals surface area (Å²) in [5, 5.41) is 13.8. The van der Waals surface area contributed by atoms with Crippen molar-refractivity contribution in [3.63, 3.8) is 0 Å². The normalized spacial score (nSPS) is 22.1. The van der Waals surface area contributed by atoms with Gasteiger partial charge in [0.15, 0.2) is 0 Å². The van der Waals surface area contributed by atoms with E-state index in [-0.39, 0.29) is 12.0 Å². The molecule has 9 heteroatoms. The number of β-amino-alcohol motifs (C(OH)–C–C–N with tert-alkyl or cyclic N) is 1. The number of hydrogen-bond donors (Lipinski definition) is 3. The lowest BCUT2D eigenvalue weighted by Gasteiger charge is -2.56. The highest BCUT2D eigenvalue weighted by molar-refractivity contribution is 6.22. The molecule has 0 atom stereocenters. The summed E-state index contributed by atoms with van der Waals surface area (Å²) in [5.74, 6) is -0.0106. The molecular formula is C25H28N4O5. The summed E-state index contributed by atoms with van der Waals surface area (Å²) < 4.78 is 5.86. The van der Waals surface area contributed by atoms with Crippen LogP contribution in [0.5, 0.6) is 11.5 Å². The van der Waals surface area contributed by atoms with Crippen molar-refractivity contribution in [2.24, 2.45) is 5.41 Å². The minimum atomic E-state index is -1.63. The molecule has 0 aromatic heterocycles. The quantitative estimate of drug-likeness (QED) is 0.555. The van der Waals surface area contributed by atoms with Gasteiger partial charge >= 0.3 is 6.03 Å². The molecule has 9 nitrogen and oxygen atoms in total. The van der Waals surface area contributed by atoms with Crippen LogP contribution in [0.15, 0.2) is 54.6 Å². The Labute approximate surface area is 197 Å². The van der Waals surface area contributed by atoms with E-state index in [4.69, 9.17) is 9.84 Å². The molecule has 3 N–H and O–H groups in total. The van der Waals surface area contributed by atoms with Crippen molar-refractivity contribution in [3.8, 4) is 11.5 Å². The second kappa shape index (κ2) is 8.83. The van der Waals surface area contributed by atoms with E-state index in [0.29, 0.717) is 36.7 Å². The first kappa shape index (κ1) is 22.5. The number of rotatable bonds is 6. The number of benzene rings is 2. The predicted octanol–water partition coefficient (Wildman–Crippen LogP) is 1.43. The smallest absolute Gasteiger partial charge is 0.328 e.